The SMILES string of the molecule is CCN(CC)S(=O)(=O)c1ccc(C(C)NC(=O)c2ccccc2COc2ccccc2)cc1. The molecular formula is C26H30N2O4S. The molecule has 0 aliphatic carbocycles. The van der Waals surface area contributed by atoms with Crippen LogP contribution in [0.5, 0.6) is 5.75 Å². The second kappa shape index (κ2) is 11.1. The first kappa shape index (κ1) is 24.5. The molecule has 1 amide bonds. The summed E-state index contributed by atoms with van der Waals surface area (Å²) < 4.78 is 32.6. The highest BCUT2D eigenvalue weighted by molar-refractivity contribution is 7.89. The van der Waals surface area contributed by atoms with Crippen molar-refractivity contribution in [3.8, 4) is 5.75 Å². The Morgan fingerprint density at radius 2 is 1.52 bits per heavy atom. The van der Waals surface area contributed by atoms with E-state index in [-0.39, 0.29) is 23.5 Å². The molecule has 0 spiro atoms. The fourth-order valence-electron chi connectivity index (χ4n) is 3.54. The molecule has 0 aromatic heterocycles. The third-order valence-electron chi connectivity index (χ3n) is 5.47. The average Bonchev–Trinajstić information content (AvgIpc) is 2.84. The monoisotopic (exact) mass is 466 g/mol. The van der Waals surface area contributed by atoms with Crippen molar-refractivity contribution in [2.24, 2.45) is 0 Å². The molecule has 1 unspecified atom stereocenters. The van der Waals surface area contributed by atoms with Gasteiger partial charge >= 0.3 is 0 Å². The summed E-state index contributed by atoms with van der Waals surface area (Å²) in [6, 6.07) is 23.1. The maximum absolute atomic E-state index is 13.0. The summed E-state index contributed by atoms with van der Waals surface area (Å²) in [5.41, 5.74) is 2.15. The number of amides is 1. The van der Waals surface area contributed by atoms with Gasteiger partial charge in [-0.15, -0.1) is 0 Å². The summed E-state index contributed by atoms with van der Waals surface area (Å²) in [5, 5.41) is 3.00. The molecule has 6 nitrogen and oxygen atoms in total. The third-order valence-corrected chi connectivity index (χ3v) is 7.53. The van der Waals surface area contributed by atoms with Crippen molar-refractivity contribution in [3.63, 3.8) is 0 Å². The molecule has 0 heterocycles. The molecule has 7 heteroatoms. The molecule has 3 aromatic rings. The van der Waals surface area contributed by atoms with E-state index < -0.39 is 10.0 Å². The van der Waals surface area contributed by atoms with E-state index >= 15 is 0 Å². The Balaban J connectivity index is 1.70. The number of rotatable bonds is 10. The first-order chi connectivity index (χ1) is 15.9. The first-order valence-electron chi connectivity index (χ1n) is 11.0. The van der Waals surface area contributed by atoms with Gasteiger partial charge in [0.15, 0.2) is 0 Å². The Bertz CT molecular complexity index is 1160. The van der Waals surface area contributed by atoms with Gasteiger partial charge in [0, 0.05) is 24.2 Å². The van der Waals surface area contributed by atoms with Crippen LogP contribution in [-0.2, 0) is 16.6 Å². The van der Waals surface area contributed by atoms with E-state index in [0.29, 0.717) is 18.7 Å². The Kier molecular flexibility index (Phi) is 8.25. The van der Waals surface area contributed by atoms with Gasteiger partial charge in [-0.25, -0.2) is 8.42 Å². The highest BCUT2D eigenvalue weighted by atomic mass is 32.2. The molecule has 0 aliphatic heterocycles. The Labute approximate surface area is 196 Å². The summed E-state index contributed by atoms with van der Waals surface area (Å²) in [6.07, 6.45) is 0. The highest BCUT2D eigenvalue weighted by Gasteiger charge is 2.22. The van der Waals surface area contributed by atoms with E-state index in [9.17, 15) is 13.2 Å². The normalized spacial score (nSPS) is 12.4. The van der Waals surface area contributed by atoms with Crippen molar-refractivity contribution in [2.45, 2.75) is 38.3 Å². The summed E-state index contributed by atoms with van der Waals surface area (Å²) in [7, 11) is -3.51. The number of carbonyl (C=O) groups excluding carboxylic acids is 1. The first-order valence-corrected chi connectivity index (χ1v) is 12.5. The molecule has 0 saturated carbocycles. The van der Waals surface area contributed by atoms with E-state index in [0.717, 1.165) is 16.9 Å². The van der Waals surface area contributed by atoms with Gasteiger partial charge in [-0.1, -0.05) is 62.4 Å². The second-order valence-corrected chi connectivity index (χ2v) is 9.55. The molecule has 3 rings (SSSR count). The van der Waals surface area contributed by atoms with Crippen molar-refractivity contribution in [2.75, 3.05) is 13.1 Å². The summed E-state index contributed by atoms with van der Waals surface area (Å²) >= 11 is 0. The largest absolute Gasteiger partial charge is 0.489 e. The summed E-state index contributed by atoms with van der Waals surface area (Å²) in [6.45, 7) is 6.61. The molecule has 1 N–H and O–H groups in total. The number of para-hydroxylation sites is 1. The Morgan fingerprint density at radius 3 is 2.15 bits per heavy atom. The smallest absolute Gasteiger partial charge is 0.252 e. The van der Waals surface area contributed by atoms with E-state index in [2.05, 4.69) is 5.32 Å². The number of hydrogen-bond acceptors (Lipinski definition) is 4. The van der Waals surface area contributed by atoms with E-state index in [1.807, 2.05) is 69.3 Å². The lowest BCUT2D eigenvalue weighted by molar-refractivity contribution is 0.0937. The molecule has 0 radical (unpaired) electrons. The fourth-order valence-corrected chi connectivity index (χ4v) is 5.00. The lowest BCUT2D eigenvalue weighted by Gasteiger charge is -2.20. The number of carbonyl (C=O) groups is 1. The van der Waals surface area contributed by atoms with Gasteiger partial charge in [0.05, 0.1) is 10.9 Å². The lowest BCUT2D eigenvalue weighted by Crippen LogP contribution is -2.30. The van der Waals surface area contributed by atoms with Crippen LogP contribution in [0.3, 0.4) is 0 Å². The lowest BCUT2D eigenvalue weighted by atomic mass is 10.1. The molecule has 174 valence electrons. The van der Waals surface area contributed by atoms with Crippen LogP contribution in [0.2, 0.25) is 0 Å². The minimum atomic E-state index is -3.51. The Hall–Kier alpha value is -3.16. The second-order valence-electron chi connectivity index (χ2n) is 7.61. The molecule has 0 aliphatic rings. The fraction of sp³-hybridized carbons (Fsp3) is 0.269. The third kappa shape index (κ3) is 6.00. The van der Waals surface area contributed by atoms with E-state index in [4.69, 9.17) is 4.74 Å². The molecule has 0 fully saturated rings. The molecule has 0 saturated heterocycles. The number of nitrogens with zero attached hydrogens (tertiary/aromatic N) is 1. The van der Waals surface area contributed by atoms with Gasteiger partial charge in [0.25, 0.3) is 5.91 Å². The quantitative estimate of drug-likeness (QED) is 0.466. The van der Waals surface area contributed by atoms with Crippen LogP contribution in [0.1, 0.15) is 48.3 Å². The van der Waals surface area contributed by atoms with Crippen LogP contribution < -0.4 is 10.1 Å². The summed E-state index contributed by atoms with van der Waals surface area (Å²) in [4.78, 5) is 13.2. The van der Waals surface area contributed by atoms with Crippen LogP contribution in [0.25, 0.3) is 0 Å². The Morgan fingerprint density at radius 1 is 0.909 bits per heavy atom. The van der Waals surface area contributed by atoms with Crippen LogP contribution in [-0.4, -0.2) is 31.7 Å². The zero-order chi connectivity index (χ0) is 23.8. The van der Waals surface area contributed by atoms with Gasteiger partial charge in [0.2, 0.25) is 10.0 Å². The van der Waals surface area contributed by atoms with Crippen LogP contribution in [0.4, 0.5) is 0 Å². The van der Waals surface area contributed by atoms with Crippen LogP contribution in [0, 0.1) is 0 Å². The molecule has 0 bridgehead atoms. The number of sulfonamides is 1. The number of benzene rings is 3. The van der Waals surface area contributed by atoms with Crippen molar-refractivity contribution >= 4 is 15.9 Å². The predicted octanol–water partition coefficient (Wildman–Crippen LogP) is 4.79. The number of ether oxygens (including phenoxy) is 1. The van der Waals surface area contributed by atoms with E-state index in [1.54, 1.807) is 30.3 Å². The van der Waals surface area contributed by atoms with Gasteiger partial charge in [-0.3, -0.25) is 4.79 Å². The van der Waals surface area contributed by atoms with Crippen LogP contribution in [0.15, 0.2) is 83.8 Å². The zero-order valence-electron chi connectivity index (χ0n) is 19.2. The maximum atomic E-state index is 13.0. The highest BCUT2D eigenvalue weighted by Crippen LogP contribution is 2.21. The van der Waals surface area contributed by atoms with Gasteiger partial charge in [-0.05, 0) is 42.8 Å². The standard InChI is InChI=1S/C26H30N2O4S/c1-4-28(5-2)33(30,31)24-17-15-21(16-18-24)20(3)27-26(29)25-14-10-9-11-22(25)19-32-23-12-7-6-8-13-23/h6-18,20H,4-5,19H2,1-3H3,(H,27,29). The number of nitrogens with one attached hydrogen (secondary N) is 1. The topological polar surface area (TPSA) is 75.7 Å². The zero-order valence-corrected chi connectivity index (χ0v) is 20.0. The molecule has 3 aromatic carbocycles. The minimum Gasteiger partial charge on any atom is -0.489 e. The van der Waals surface area contributed by atoms with E-state index in [1.165, 1.54) is 4.31 Å². The minimum absolute atomic E-state index is 0.213. The predicted molar refractivity (Wildman–Crippen MR) is 130 cm³/mol. The van der Waals surface area contributed by atoms with Crippen molar-refractivity contribution in [3.05, 3.63) is 95.6 Å². The maximum Gasteiger partial charge on any atom is 0.252 e. The number of hydrogen-bond donors (Lipinski definition) is 1. The summed E-state index contributed by atoms with van der Waals surface area (Å²) in [5.74, 6) is 0.524. The average molecular weight is 467 g/mol. The van der Waals surface area contributed by atoms with Crippen molar-refractivity contribution in [1.82, 2.24) is 9.62 Å². The van der Waals surface area contributed by atoms with Crippen molar-refractivity contribution < 1.29 is 17.9 Å². The van der Waals surface area contributed by atoms with Gasteiger partial charge < -0.3 is 10.1 Å². The molecule has 1 atom stereocenters. The molecular weight excluding hydrogens is 436 g/mol. The van der Waals surface area contributed by atoms with Gasteiger partial charge in [0.1, 0.15) is 12.4 Å². The van der Waals surface area contributed by atoms with Gasteiger partial charge in [-0.2, -0.15) is 4.31 Å². The van der Waals surface area contributed by atoms with Crippen molar-refractivity contribution in [1.29, 1.82) is 0 Å². The van der Waals surface area contributed by atoms with Crippen LogP contribution >= 0.6 is 0 Å². The molecule has 33 heavy (non-hydrogen) atoms.